The zero-order valence-electron chi connectivity index (χ0n) is 9.24. The van der Waals surface area contributed by atoms with Crippen LogP contribution < -0.4 is 0 Å². The molecule has 0 aliphatic carbocycles. The molecule has 2 aliphatic heterocycles. The third kappa shape index (κ3) is 2.65. The van der Waals surface area contributed by atoms with Gasteiger partial charge in [0.2, 0.25) is 0 Å². The van der Waals surface area contributed by atoms with Crippen molar-refractivity contribution in [2.75, 3.05) is 44.7 Å². The van der Waals surface area contributed by atoms with Gasteiger partial charge in [-0.2, -0.15) is 11.8 Å². The summed E-state index contributed by atoms with van der Waals surface area (Å²) in [6.45, 7) is 6.61. The molecule has 2 saturated heterocycles. The summed E-state index contributed by atoms with van der Waals surface area (Å²) in [6.07, 6.45) is 6.53. The van der Waals surface area contributed by atoms with Crippen LogP contribution >= 0.6 is 11.8 Å². The summed E-state index contributed by atoms with van der Waals surface area (Å²) in [7, 11) is 0. The summed E-state index contributed by atoms with van der Waals surface area (Å²) in [5.41, 5.74) is 0. The Labute approximate surface area is 92.0 Å². The Morgan fingerprint density at radius 1 is 1.21 bits per heavy atom. The molecule has 1 unspecified atom stereocenters. The lowest BCUT2D eigenvalue weighted by Crippen LogP contribution is -2.55. The summed E-state index contributed by atoms with van der Waals surface area (Å²) < 4.78 is 0. The van der Waals surface area contributed by atoms with E-state index in [2.05, 4.69) is 16.1 Å². The second kappa shape index (κ2) is 5.38. The monoisotopic (exact) mass is 214 g/mol. The molecule has 2 heterocycles. The van der Waals surface area contributed by atoms with Gasteiger partial charge in [-0.25, -0.2) is 0 Å². The largest absolute Gasteiger partial charge is 0.300 e. The van der Waals surface area contributed by atoms with Crippen LogP contribution in [-0.4, -0.2) is 60.6 Å². The van der Waals surface area contributed by atoms with Crippen LogP contribution in [0, 0.1) is 0 Å². The summed E-state index contributed by atoms with van der Waals surface area (Å²) in [6, 6.07) is 0.888. The van der Waals surface area contributed by atoms with Crippen molar-refractivity contribution in [1.29, 1.82) is 0 Å². The Hall–Kier alpha value is 0.270. The van der Waals surface area contributed by atoms with Crippen LogP contribution in [0.15, 0.2) is 0 Å². The van der Waals surface area contributed by atoms with E-state index in [-0.39, 0.29) is 0 Å². The van der Waals surface area contributed by atoms with E-state index in [4.69, 9.17) is 0 Å². The normalized spacial score (nSPS) is 30.2. The van der Waals surface area contributed by atoms with Crippen molar-refractivity contribution >= 4 is 11.8 Å². The Morgan fingerprint density at radius 3 is 3.00 bits per heavy atom. The van der Waals surface area contributed by atoms with Gasteiger partial charge in [0.05, 0.1) is 0 Å². The highest BCUT2D eigenvalue weighted by molar-refractivity contribution is 7.98. The molecule has 0 amide bonds. The van der Waals surface area contributed by atoms with Crippen molar-refractivity contribution < 1.29 is 0 Å². The first-order valence-electron chi connectivity index (χ1n) is 5.85. The van der Waals surface area contributed by atoms with E-state index in [1.54, 1.807) is 0 Å². The molecule has 0 aromatic rings. The van der Waals surface area contributed by atoms with Gasteiger partial charge in [-0.15, -0.1) is 0 Å². The predicted molar refractivity (Wildman–Crippen MR) is 64.0 cm³/mol. The van der Waals surface area contributed by atoms with Crippen LogP contribution in [0.4, 0.5) is 0 Å². The highest BCUT2D eigenvalue weighted by Gasteiger charge is 2.28. The molecule has 0 N–H and O–H groups in total. The Morgan fingerprint density at radius 2 is 2.14 bits per heavy atom. The molecule has 82 valence electrons. The van der Waals surface area contributed by atoms with Gasteiger partial charge in [0.1, 0.15) is 0 Å². The SMILES string of the molecule is CSCCN1CCN2CCCCC2C1. The Bertz CT molecular complexity index is 175. The van der Waals surface area contributed by atoms with Crippen LogP contribution in [0.2, 0.25) is 0 Å². The molecule has 0 radical (unpaired) electrons. The van der Waals surface area contributed by atoms with Crippen LogP contribution in [-0.2, 0) is 0 Å². The maximum atomic E-state index is 2.71. The first kappa shape index (κ1) is 10.8. The summed E-state index contributed by atoms with van der Waals surface area (Å²) >= 11 is 1.97. The smallest absolute Gasteiger partial charge is 0.0223 e. The first-order valence-corrected chi connectivity index (χ1v) is 7.25. The third-order valence-corrected chi connectivity index (χ3v) is 4.12. The van der Waals surface area contributed by atoms with Crippen LogP contribution in [0.3, 0.4) is 0 Å². The van der Waals surface area contributed by atoms with Gasteiger partial charge in [-0.3, -0.25) is 9.80 Å². The molecule has 2 aliphatic rings. The lowest BCUT2D eigenvalue weighted by atomic mass is 10.00. The molecule has 2 nitrogen and oxygen atoms in total. The van der Waals surface area contributed by atoms with Crippen LogP contribution in [0.1, 0.15) is 19.3 Å². The summed E-state index contributed by atoms with van der Waals surface area (Å²) in [4.78, 5) is 5.36. The second-order valence-corrected chi connectivity index (χ2v) is 5.46. The number of piperidine rings is 1. The van der Waals surface area contributed by atoms with Gasteiger partial charge in [-0.05, 0) is 25.6 Å². The van der Waals surface area contributed by atoms with Gasteiger partial charge < -0.3 is 0 Å². The van der Waals surface area contributed by atoms with Crippen molar-refractivity contribution in [1.82, 2.24) is 9.80 Å². The minimum Gasteiger partial charge on any atom is -0.300 e. The predicted octanol–water partition coefficient (Wildman–Crippen LogP) is 1.52. The summed E-state index contributed by atoms with van der Waals surface area (Å²) in [5, 5.41) is 0. The minimum absolute atomic E-state index is 0.888. The van der Waals surface area contributed by atoms with Crippen molar-refractivity contribution in [2.24, 2.45) is 0 Å². The van der Waals surface area contributed by atoms with Crippen molar-refractivity contribution in [3.05, 3.63) is 0 Å². The van der Waals surface area contributed by atoms with E-state index in [9.17, 15) is 0 Å². The number of hydrogen-bond acceptors (Lipinski definition) is 3. The average molecular weight is 214 g/mol. The molecule has 14 heavy (non-hydrogen) atoms. The standard InChI is InChI=1S/C11H22N2S/c1-14-9-8-12-6-7-13-5-3-2-4-11(13)10-12/h11H,2-10H2,1H3. The molecule has 0 spiro atoms. The van der Waals surface area contributed by atoms with Gasteiger partial charge >= 0.3 is 0 Å². The Balaban J connectivity index is 1.77. The fourth-order valence-corrected chi connectivity index (χ4v) is 3.08. The van der Waals surface area contributed by atoms with E-state index < -0.39 is 0 Å². The van der Waals surface area contributed by atoms with Gasteiger partial charge in [-0.1, -0.05) is 6.42 Å². The molecule has 1 atom stereocenters. The second-order valence-electron chi connectivity index (χ2n) is 4.48. The van der Waals surface area contributed by atoms with Crippen LogP contribution in [0.25, 0.3) is 0 Å². The number of piperazine rings is 1. The molecule has 0 aromatic heterocycles. The number of fused-ring (bicyclic) bond motifs is 1. The minimum atomic E-state index is 0.888. The van der Waals surface area contributed by atoms with Gasteiger partial charge in [0, 0.05) is 38.0 Å². The number of nitrogens with zero attached hydrogens (tertiary/aromatic N) is 2. The third-order valence-electron chi connectivity index (χ3n) is 3.53. The zero-order valence-corrected chi connectivity index (χ0v) is 10.1. The lowest BCUT2D eigenvalue weighted by molar-refractivity contribution is 0.0527. The van der Waals surface area contributed by atoms with E-state index >= 15 is 0 Å². The number of rotatable bonds is 3. The molecular formula is C11H22N2S. The van der Waals surface area contributed by atoms with Gasteiger partial charge in [0.15, 0.2) is 0 Å². The average Bonchev–Trinajstić information content (AvgIpc) is 2.26. The highest BCUT2D eigenvalue weighted by Crippen LogP contribution is 2.20. The quantitative estimate of drug-likeness (QED) is 0.703. The fraction of sp³-hybridized carbons (Fsp3) is 1.00. The van der Waals surface area contributed by atoms with Crippen molar-refractivity contribution in [3.63, 3.8) is 0 Å². The Kier molecular flexibility index (Phi) is 4.14. The number of hydrogen-bond donors (Lipinski definition) is 0. The van der Waals surface area contributed by atoms with Crippen molar-refractivity contribution in [3.8, 4) is 0 Å². The zero-order chi connectivity index (χ0) is 9.80. The van der Waals surface area contributed by atoms with E-state index in [0.717, 1.165) is 6.04 Å². The van der Waals surface area contributed by atoms with E-state index in [0.29, 0.717) is 0 Å². The van der Waals surface area contributed by atoms with Gasteiger partial charge in [0.25, 0.3) is 0 Å². The van der Waals surface area contributed by atoms with E-state index in [1.807, 2.05) is 11.8 Å². The highest BCUT2D eigenvalue weighted by atomic mass is 32.2. The molecule has 0 aromatic carbocycles. The number of thioether (sulfide) groups is 1. The van der Waals surface area contributed by atoms with Crippen LogP contribution in [0.5, 0.6) is 0 Å². The maximum absolute atomic E-state index is 2.71. The molecule has 3 heteroatoms. The van der Waals surface area contributed by atoms with Crippen molar-refractivity contribution in [2.45, 2.75) is 25.3 Å². The molecule has 0 bridgehead atoms. The molecular weight excluding hydrogens is 192 g/mol. The maximum Gasteiger partial charge on any atom is 0.0223 e. The molecule has 2 rings (SSSR count). The molecule has 0 saturated carbocycles. The summed E-state index contributed by atoms with van der Waals surface area (Å²) in [5.74, 6) is 1.30. The molecule has 2 fully saturated rings. The topological polar surface area (TPSA) is 6.48 Å². The lowest BCUT2D eigenvalue weighted by Gasteiger charge is -2.44. The van der Waals surface area contributed by atoms with E-state index in [1.165, 1.54) is 57.7 Å². The first-order chi connectivity index (χ1) is 6.90. The fourth-order valence-electron chi connectivity index (χ4n) is 2.64.